The minimum atomic E-state index is -0.332. The summed E-state index contributed by atoms with van der Waals surface area (Å²) in [4.78, 5) is 0. The van der Waals surface area contributed by atoms with E-state index in [1.165, 1.54) is 12.1 Å². The van der Waals surface area contributed by atoms with E-state index in [4.69, 9.17) is 9.47 Å². The van der Waals surface area contributed by atoms with E-state index >= 15 is 0 Å². The predicted molar refractivity (Wildman–Crippen MR) is 136 cm³/mol. The lowest BCUT2D eigenvalue weighted by Gasteiger charge is -2.29. The van der Waals surface area contributed by atoms with Gasteiger partial charge in [-0.25, -0.2) is 0 Å². The molecule has 0 bridgehead atoms. The molecule has 0 aliphatic heterocycles. The van der Waals surface area contributed by atoms with Gasteiger partial charge in [0.25, 0.3) is 0 Å². The van der Waals surface area contributed by atoms with Crippen LogP contribution in [0.15, 0.2) is 48.5 Å². The number of ether oxygens (including phenoxy) is 2. The topological polar surface area (TPSA) is 114 Å². The van der Waals surface area contributed by atoms with Gasteiger partial charge in [-0.05, 0) is 58.9 Å². The molecule has 6 nitrogen and oxygen atoms in total. The van der Waals surface area contributed by atoms with Gasteiger partial charge in [0.1, 0.15) is 35.8 Å². The zero-order chi connectivity index (χ0) is 26.7. The Balaban J connectivity index is 2.25. The molecule has 0 N–H and O–H groups in total. The maximum Gasteiger partial charge on any atom is 0.173 e. The van der Waals surface area contributed by atoms with Crippen molar-refractivity contribution >= 4 is 0 Å². The standard InChI is InChI=1S/C30H26N4O2/c1-29(2,3)23-13-26(30(4,5)6)28(36-25-10-8-20(16-32)22(12-25)18-34)27(14-23)35-24-9-7-19(15-31)21(11-24)17-33/h7-14H,1-6H3. The molecule has 0 spiro atoms. The molecule has 6 heteroatoms. The van der Waals surface area contributed by atoms with E-state index in [2.05, 4.69) is 47.6 Å². The highest BCUT2D eigenvalue weighted by molar-refractivity contribution is 5.58. The molecule has 0 atom stereocenters. The van der Waals surface area contributed by atoms with Crippen LogP contribution >= 0.6 is 0 Å². The Hall–Kier alpha value is -4.78. The summed E-state index contributed by atoms with van der Waals surface area (Å²) in [6, 6.07) is 21.5. The Bertz CT molecular complexity index is 1500. The zero-order valence-corrected chi connectivity index (χ0v) is 21.2. The second kappa shape index (κ2) is 9.84. The molecule has 0 saturated carbocycles. The molecule has 0 amide bonds. The van der Waals surface area contributed by atoms with E-state index < -0.39 is 0 Å². The molecule has 0 heterocycles. The second-order valence-corrected chi connectivity index (χ2v) is 10.4. The van der Waals surface area contributed by atoms with Crippen LogP contribution < -0.4 is 9.47 Å². The fourth-order valence-corrected chi connectivity index (χ4v) is 3.57. The number of hydrogen-bond donors (Lipinski definition) is 0. The summed E-state index contributed by atoms with van der Waals surface area (Å²) < 4.78 is 12.6. The molecule has 0 aliphatic carbocycles. The molecule has 3 rings (SSSR count). The van der Waals surface area contributed by atoms with Crippen molar-refractivity contribution in [2.45, 2.75) is 52.4 Å². The van der Waals surface area contributed by atoms with Gasteiger partial charge < -0.3 is 9.47 Å². The Morgan fingerprint density at radius 2 is 1.03 bits per heavy atom. The van der Waals surface area contributed by atoms with Gasteiger partial charge in [-0.2, -0.15) is 21.0 Å². The molecule has 0 aromatic heterocycles. The van der Waals surface area contributed by atoms with E-state index in [1.54, 1.807) is 24.3 Å². The molecule has 3 aromatic carbocycles. The van der Waals surface area contributed by atoms with Crippen LogP contribution in [0.25, 0.3) is 0 Å². The minimum Gasteiger partial charge on any atom is -0.453 e. The number of benzene rings is 3. The third-order valence-corrected chi connectivity index (χ3v) is 5.64. The molecule has 0 fully saturated rings. The average Bonchev–Trinajstić information content (AvgIpc) is 2.83. The third kappa shape index (κ3) is 5.47. The molecular formula is C30H26N4O2. The van der Waals surface area contributed by atoms with Crippen LogP contribution in [0.5, 0.6) is 23.0 Å². The van der Waals surface area contributed by atoms with Crippen LogP contribution in [0.1, 0.15) is 74.9 Å². The fraction of sp³-hybridized carbons (Fsp3) is 0.267. The number of hydrogen-bond acceptors (Lipinski definition) is 6. The van der Waals surface area contributed by atoms with Crippen molar-refractivity contribution in [1.29, 1.82) is 21.0 Å². The van der Waals surface area contributed by atoms with Crippen LogP contribution in [-0.4, -0.2) is 0 Å². The van der Waals surface area contributed by atoms with Crippen molar-refractivity contribution in [3.63, 3.8) is 0 Å². The van der Waals surface area contributed by atoms with Gasteiger partial charge in [-0.3, -0.25) is 0 Å². The van der Waals surface area contributed by atoms with Gasteiger partial charge >= 0.3 is 0 Å². The van der Waals surface area contributed by atoms with E-state index in [-0.39, 0.29) is 33.1 Å². The SMILES string of the molecule is CC(C)(C)c1cc(Oc2ccc(C#N)c(C#N)c2)c(Oc2ccc(C#N)c(C#N)c2)c(C(C)(C)C)c1. The molecule has 36 heavy (non-hydrogen) atoms. The summed E-state index contributed by atoms with van der Waals surface area (Å²) >= 11 is 0. The highest BCUT2D eigenvalue weighted by Crippen LogP contribution is 2.46. The van der Waals surface area contributed by atoms with E-state index in [9.17, 15) is 21.0 Å². The minimum absolute atomic E-state index is 0.193. The molecule has 3 aromatic rings. The molecule has 0 saturated heterocycles. The highest BCUT2D eigenvalue weighted by atomic mass is 16.5. The van der Waals surface area contributed by atoms with Crippen molar-refractivity contribution in [2.24, 2.45) is 0 Å². The van der Waals surface area contributed by atoms with Crippen LogP contribution in [0.2, 0.25) is 0 Å². The van der Waals surface area contributed by atoms with Crippen LogP contribution in [0, 0.1) is 45.3 Å². The number of rotatable bonds is 4. The van der Waals surface area contributed by atoms with Crippen LogP contribution in [-0.2, 0) is 10.8 Å². The molecule has 178 valence electrons. The normalized spacial score (nSPS) is 10.9. The van der Waals surface area contributed by atoms with Gasteiger partial charge in [-0.1, -0.05) is 47.6 Å². The van der Waals surface area contributed by atoms with Gasteiger partial charge in [0.05, 0.1) is 22.3 Å². The van der Waals surface area contributed by atoms with Crippen LogP contribution in [0.4, 0.5) is 0 Å². The van der Waals surface area contributed by atoms with Gasteiger partial charge in [0.2, 0.25) is 0 Å². The first-order valence-electron chi connectivity index (χ1n) is 11.3. The van der Waals surface area contributed by atoms with Crippen molar-refractivity contribution in [2.75, 3.05) is 0 Å². The van der Waals surface area contributed by atoms with Crippen molar-refractivity contribution in [3.05, 3.63) is 81.9 Å². The quantitative estimate of drug-likeness (QED) is 0.390. The first kappa shape index (κ1) is 25.8. The Labute approximate surface area is 212 Å². The highest BCUT2D eigenvalue weighted by Gasteiger charge is 2.28. The average molecular weight is 475 g/mol. The van der Waals surface area contributed by atoms with Crippen LogP contribution in [0.3, 0.4) is 0 Å². The zero-order valence-electron chi connectivity index (χ0n) is 21.2. The monoisotopic (exact) mass is 474 g/mol. The predicted octanol–water partition coefficient (Wildman–Crippen LogP) is 7.35. The molecule has 0 aliphatic rings. The summed E-state index contributed by atoms with van der Waals surface area (Å²) in [6.45, 7) is 12.5. The lowest BCUT2D eigenvalue weighted by atomic mass is 9.80. The first-order valence-corrected chi connectivity index (χ1v) is 11.3. The lowest BCUT2D eigenvalue weighted by Crippen LogP contribution is -2.18. The smallest absolute Gasteiger partial charge is 0.173 e. The van der Waals surface area contributed by atoms with E-state index in [0.717, 1.165) is 11.1 Å². The second-order valence-electron chi connectivity index (χ2n) is 10.4. The van der Waals surface area contributed by atoms with Crippen molar-refractivity contribution in [1.82, 2.24) is 0 Å². The maximum absolute atomic E-state index is 9.46. The summed E-state index contributed by atoms with van der Waals surface area (Å²) in [5.41, 5.74) is 2.36. The Kier molecular flexibility index (Phi) is 7.06. The van der Waals surface area contributed by atoms with Gasteiger partial charge in [0.15, 0.2) is 11.5 Å². The van der Waals surface area contributed by atoms with Gasteiger partial charge in [-0.15, -0.1) is 0 Å². The Morgan fingerprint density at radius 3 is 1.44 bits per heavy atom. The number of nitriles is 4. The fourth-order valence-electron chi connectivity index (χ4n) is 3.57. The summed E-state index contributed by atoms with van der Waals surface area (Å²) in [6.07, 6.45) is 0. The lowest BCUT2D eigenvalue weighted by molar-refractivity contribution is 0.401. The van der Waals surface area contributed by atoms with E-state index in [0.29, 0.717) is 23.0 Å². The largest absolute Gasteiger partial charge is 0.453 e. The summed E-state index contributed by atoms with van der Waals surface area (Å²) in [5, 5.41) is 37.4. The first-order chi connectivity index (χ1) is 16.9. The third-order valence-electron chi connectivity index (χ3n) is 5.64. The molecular weight excluding hydrogens is 448 g/mol. The number of nitrogens with zero attached hydrogens (tertiary/aromatic N) is 4. The Morgan fingerprint density at radius 1 is 0.556 bits per heavy atom. The van der Waals surface area contributed by atoms with Crippen molar-refractivity contribution in [3.8, 4) is 47.3 Å². The summed E-state index contributed by atoms with van der Waals surface area (Å²) in [5.74, 6) is 1.68. The molecule has 0 radical (unpaired) electrons. The summed E-state index contributed by atoms with van der Waals surface area (Å²) in [7, 11) is 0. The van der Waals surface area contributed by atoms with Gasteiger partial charge in [0, 0.05) is 5.56 Å². The van der Waals surface area contributed by atoms with Crippen molar-refractivity contribution < 1.29 is 9.47 Å². The molecule has 0 unspecified atom stereocenters. The van der Waals surface area contributed by atoms with E-state index in [1.807, 2.05) is 30.3 Å². The maximum atomic E-state index is 9.46.